The summed E-state index contributed by atoms with van der Waals surface area (Å²) >= 11 is 0. The van der Waals surface area contributed by atoms with Gasteiger partial charge in [-0.2, -0.15) is 18.3 Å². The van der Waals surface area contributed by atoms with E-state index in [0.29, 0.717) is 12.6 Å². The summed E-state index contributed by atoms with van der Waals surface area (Å²) in [6.45, 7) is 3.07. The van der Waals surface area contributed by atoms with Gasteiger partial charge in [-0.1, -0.05) is 0 Å². The van der Waals surface area contributed by atoms with Crippen LogP contribution < -0.4 is 0 Å². The highest BCUT2D eigenvalue weighted by Crippen LogP contribution is 2.34. The summed E-state index contributed by atoms with van der Waals surface area (Å²) in [5, 5.41) is 13.6. The van der Waals surface area contributed by atoms with Crippen LogP contribution in [0.2, 0.25) is 0 Å². The Morgan fingerprint density at radius 3 is 2.45 bits per heavy atom. The van der Waals surface area contributed by atoms with Crippen LogP contribution in [-0.2, 0) is 12.7 Å². The van der Waals surface area contributed by atoms with Crippen LogP contribution in [0.3, 0.4) is 0 Å². The zero-order valence-electron chi connectivity index (χ0n) is 11.7. The Hall–Kier alpha value is -2.38. The van der Waals surface area contributed by atoms with Crippen molar-refractivity contribution in [1.82, 2.24) is 9.78 Å². The van der Waals surface area contributed by atoms with Crippen molar-refractivity contribution in [1.29, 1.82) is 0 Å². The highest BCUT2D eigenvalue weighted by atomic mass is 19.4. The van der Waals surface area contributed by atoms with Gasteiger partial charge in [-0.05, 0) is 31.5 Å². The van der Waals surface area contributed by atoms with Gasteiger partial charge in [-0.3, -0.25) is 4.79 Å². The molecule has 1 aromatic carbocycles. The largest absolute Gasteiger partial charge is 0.493 e. The number of carbonyl (C=O) groups is 1. The second kappa shape index (κ2) is 5.43. The van der Waals surface area contributed by atoms with Gasteiger partial charge >= 0.3 is 6.18 Å². The molecular formula is C14H12F4N2O2. The van der Waals surface area contributed by atoms with E-state index in [1.165, 1.54) is 0 Å². The van der Waals surface area contributed by atoms with E-state index in [9.17, 15) is 27.5 Å². The lowest BCUT2D eigenvalue weighted by molar-refractivity contribution is -0.140. The van der Waals surface area contributed by atoms with E-state index in [1.807, 2.05) is 0 Å². The Morgan fingerprint density at radius 1 is 1.32 bits per heavy atom. The molecule has 0 bridgehead atoms. The molecule has 0 aliphatic heterocycles. The Balaban J connectivity index is 2.52. The van der Waals surface area contributed by atoms with Gasteiger partial charge < -0.3 is 5.11 Å². The maximum atomic E-state index is 13.9. The summed E-state index contributed by atoms with van der Waals surface area (Å²) in [7, 11) is 0. The minimum Gasteiger partial charge on any atom is -0.493 e. The fourth-order valence-corrected chi connectivity index (χ4v) is 2.07. The molecular weight excluding hydrogens is 304 g/mol. The van der Waals surface area contributed by atoms with Crippen LogP contribution in [0.5, 0.6) is 5.88 Å². The molecule has 0 fully saturated rings. The second-order valence-corrected chi connectivity index (χ2v) is 4.62. The summed E-state index contributed by atoms with van der Waals surface area (Å²) in [5.41, 5.74) is -2.31. The molecule has 0 radical (unpaired) electrons. The lowest BCUT2D eigenvalue weighted by Crippen LogP contribution is -2.12. The van der Waals surface area contributed by atoms with E-state index in [0.717, 1.165) is 23.9 Å². The molecule has 0 aliphatic carbocycles. The number of ketones is 1. The maximum absolute atomic E-state index is 13.9. The smallest absolute Gasteiger partial charge is 0.419 e. The topological polar surface area (TPSA) is 55.1 Å². The van der Waals surface area contributed by atoms with Crippen LogP contribution in [0, 0.1) is 12.7 Å². The number of rotatable bonds is 3. The van der Waals surface area contributed by atoms with Crippen LogP contribution in [0.15, 0.2) is 18.3 Å². The molecule has 2 aromatic rings. The number of carbonyl (C=O) groups excluding carboxylic acids is 1. The number of aryl methyl sites for hydroxylation is 1. The van der Waals surface area contributed by atoms with Crippen LogP contribution >= 0.6 is 0 Å². The number of aromatic nitrogens is 2. The van der Waals surface area contributed by atoms with E-state index >= 15 is 0 Å². The van der Waals surface area contributed by atoms with Crippen molar-refractivity contribution in [3.8, 4) is 5.88 Å². The summed E-state index contributed by atoms with van der Waals surface area (Å²) in [4.78, 5) is 12.3. The van der Waals surface area contributed by atoms with Gasteiger partial charge in [0, 0.05) is 12.1 Å². The van der Waals surface area contributed by atoms with Gasteiger partial charge in [0.1, 0.15) is 11.4 Å². The number of alkyl halides is 3. The minimum atomic E-state index is -4.84. The third kappa shape index (κ3) is 2.56. The number of nitrogens with zero attached hydrogens (tertiary/aromatic N) is 2. The first-order valence-electron chi connectivity index (χ1n) is 6.34. The predicted octanol–water partition coefficient (Wildman–Crippen LogP) is 3.31. The van der Waals surface area contributed by atoms with E-state index < -0.39 is 34.8 Å². The van der Waals surface area contributed by atoms with Crippen molar-refractivity contribution in [2.45, 2.75) is 26.6 Å². The van der Waals surface area contributed by atoms with E-state index in [4.69, 9.17) is 0 Å². The first kappa shape index (κ1) is 16.0. The molecule has 2 rings (SSSR count). The number of aromatic hydroxyl groups is 1. The zero-order chi connectivity index (χ0) is 16.7. The summed E-state index contributed by atoms with van der Waals surface area (Å²) in [5.74, 6) is -2.70. The normalized spacial score (nSPS) is 11.7. The van der Waals surface area contributed by atoms with Gasteiger partial charge in [-0.25, -0.2) is 9.07 Å². The van der Waals surface area contributed by atoms with Crippen LogP contribution in [-0.4, -0.2) is 20.7 Å². The zero-order valence-corrected chi connectivity index (χ0v) is 11.7. The van der Waals surface area contributed by atoms with Gasteiger partial charge in [0.25, 0.3) is 0 Å². The van der Waals surface area contributed by atoms with Crippen molar-refractivity contribution in [3.63, 3.8) is 0 Å². The van der Waals surface area contributed by atoms with Gasteiger partial charge in [0.05, 0.1) is 11.8 Å². The molecule has 0 spiro atoms. The summed E-state index contributed by atoms with van der Waals surface area (Å²) in [6.07, 6.45) is -3.75. The number of halogens is 4. The molecule has 22 heavy (non-hydrogen) atoms. The monoisotopic (exact) mass is 316 g/mol. The molecule has 0 unspecified atom stereocenters. The molecule has 0 amide bonds. The molecule has 0 saturated heterocycles. The maximum Gasteiger partial charge on any atom is 0.419 e. The van der Waals surface area contributed by atoms with Crippen LogP contribution in [0.1, 0.15) is 34.0 Å². The van der Waals surface area contributed by atoms with Gasteiger partial charge in [0.15, 0.2) is 5.78 Å². The van der Waals surface area contributed by atoms with Crippen molar-refractivity contribution in [2.24, 2.45) is 0 Å². The third-order valence-electron chi connectivity index (χ3n) is 3.29. The average molecular weight is 316 g/mol. The Morgan fingerprint density at radius 2 is 1.95 bits per heavy atom. The van der Waals surface area contributed by atoms with E-state index in [1.54, 1.807) is 6.92 Å². The Labute approximate surface area is 123 Å². The molecule has 1 N–H and O–H groups in total. The van der Waals surface area contributed by atoms with E-state index in [2.05, 4.69) is 5.10 Å². The average Bonchev–Trinajstić information content (AvgIpc) is 2.80. The lowest BCUT2D eigenvalue weighted by Gasteiger charge is -2.12. The van der Waals surface area contributed by atoms with Crippen LogP contribution in [0.4, 0.5) is 17.6 Å². The van der Waals surface area contributed by atoms with Crippen molar-refractivity contribution >= 4 is 5.78 Å². The van der Waals surface area contributed by atoms with Crippen molar-refractivity contribution in [2.75, 3.05) is 0 Å². The van der Waals surface area contributed by atoms with E-state index in [-0.39, 0.29) is 11.1 Å². The molecule has 1 heterocycles. The Kier molecular flexibility index (Phi) is 3.95. The number of hydrogen-bond donors (Lipinski definition) is 1. The summed E-state index contributed by atoms with van der Waals surface area (Å²) < 4.78 is 52.9. The van der Waals surface area contributed by atoms with Gasteiger partial charge in [0.2, 0.25) is 5.88 Å². The summed E-state index contributed by atoms with van der Waals surface area (Å²) in [6, 6.07) is 1.41. The minimum absolute atomic E-state index is 0.191. The quantitative estimate of drug-likeness (QED) is 0.698. The lowest BCUT2D eigenvalue weighted by atomic mass is 9.97. The molecule has 1 aromatic heterocycles. The fraction of sp³-hybridized carbons (Fsp3) is 0.286. The first-order valence-corrected chi connectivity index (χ1v) is 6.34. The SMILES string of the molecule is CCn1ncc(C(=O)c2ccc(C(F)(F)F)c(F)c2C)c1O. The predicted molar refractivity (Wildman–Crippen MR) is 69.1 cm³/mol. The van der Waals surface area contributed by atoms with Gasteiger partial charge in [-0.15, -0.1) is 0 Å². The third-order valence-corrected chi connectivity index (χ3v) is 3.29. The highest BCUT2D eigenvalue weighted by molar-refractivity contribution is 6.11. The molecule has 4 nitrogen and oxygen atoms in total. The highest BCUT2D eigenvalue weighted by Gasteiger charge is 2.35. The molecule has 118 valence electrons. The first-order chi connectivity index (χ1) is 10.2. The Bertz CT molecular complexity index is 735. The fourth-order valence-electron chi connectivity index (χ4n) is 2.07. The number of hydrogen-bond acceptors (Lipinski definition) is 3. The number of benzene rings is 1. The molecule has 0 atom stereocenters. The van der Waals surface area contributed by atoms with Crippen molar-refractivity contribution in [3.05, 3.63) is 46.4 Å². The standard InChI is InChI=1S/C14H12F4N2O2/c1-3-20-13(22)9(6-19-20)12(21)8-4-5-10(14(16,17)18)11(15)7(8)2/h4-6,22H,3H2,1-2H3. The molecule has 8 heteroatoms. The van der Waals surface area contributed by atoms with Crippen LogP contribution in [0.25, 0.3) is 0 Å². The molecule has 0 aliphatic rings. The second-order valence-electron chi connectivity index (χ2n) is 4.62. The van der Waals surface area contributed by atoms with Crippen molar-refractivity contribution < 1.29 is 27.5 Å². The molecule has 0 saturated carbocycles.